The minimum absolute atomic E-state index is 0.0906. The van der Waals surface area contributed by atoms with Crippen molar-refractivity contribution in [1.29, 1.82) is 0 Å². The standard InChI is InChI=1S/C20H23ClIN3/c1-15(21)20-23-18-13-17(22)9-10-19(18)25(20)12-6-11-24(2)14-16-7-4-3-5-8-16/h3-5,7-10,13,15H,6,11-12,14H2,1-2H3. The Morgan fingerprint density at radius 2 is 1.96 bits per heavy atom. The molecular formula is C20H23ClIN3. The Balaban J connectivity index is 1.67. The lowest BCUT2D eigenvalue weighted by molar-refractivity contribution is 0.314. The summed E-state index contributed by atoms with van der Waals surface area (Å²) < 4.78 is 3.48. The van der Waals surface area contributed by atoms with Gasteiger partial charge in [0.05, 0.1) is 16.4 Å². The summed E-state index contributed by atoms with van der Waals surface area (Å²) in [4.78, 5) is 7.11. The van der Waals surface area contributed by atoms with Gasteiger partial charge < -0.3 is 9.47 Å². The van der Waals surface area contributed by atoms with Gasteiger partial charge in [0.15, 0.2) is 0 Å². The number of halogens is 2. The van der Waals surface area contributed by atoms with Crippen molar-refractivity contribution in [3.63, 3.8) is 0 Å². The van der Waals surface area contributed by atoms with Gasteiger partial charge in [0.1, 0.15) is 5.82 Å². The number of imidazole rings is 1. The van der Waals surface area contributed by atoms with E-state index in [0.717, 1.165) is 37.4 Å². The second-order valence-corrected chi connectivity index (χ2v) is 8.35. The first-order valence-corrected chi connectivity index (χ1v) is 10.1. The Morgan fingerprint density at radius 1 is 1.20 bits per heavy atom. The first-order chi connectivity index (χ1) is 12.0. The minimum atomic E-state index is -0.0906. The molecule has 0 aliphatic heterocycles. The summed E-state index contributed by atoms with van der Waals surface area (Å²) in [6.07, 6.45) is 1.07. The molecule has 1 aromatic heterocycles. The van der Waals surface area contributed by atoms with Crippen molar-refractivity contribution >= 4 is 45.2 Å². The van der Waals surface area contributed by atoms with Crippen molar-refractivity contribution in [2.24, 2.45) is 0 Å². The number of rotatable bonds is 7. The van der Waals surface area contributed by atoms with Crippen LogP contribution in [-0.4, -0.2) is 28.0 Å². The molecule has 3 nitrogen and oxygen atoms in total. The molecule has 2 aromatic carbocycles. The van der Waals surface area contributed by atoms with Crippen molar-refractivity contribution < 1.29 is 0 Å². The van der Waals surface area contributed by atoms with Gasteiger partial charge in [0.25, 0.3) is 0 Å². The van der Waals surface area contributed by atoms with Crippen LogP contribution < -0.4 is 0 Å². The molecule has 3 aromatic rings. The van der Waals surface area contributed by atoms with Crippen molar-refractivity contribution in [1.82, 2.24) is 14.5 Å². The van der Waals surface area contributed by atoms with Gasteiger partial charge >= 0.3 is 0 Å². The van der Waals surface area contributed by atoms with E-state index in [9.17, 15) is 0 Å². The number of hydrogen-bond donors (Lipinski definition) is 0. The number of benzene rings is 2. The van der Waals surface area contributed by atoms with Gasteiger partial charge in [-0.25, -0.2) is 4.98 Å². The maximum Gasteiger partial charge on any atom is 0.127 e. The maximum atomic E-state index is 6.37. The highest BCUT2D eigenvalue weighted by molar-refractivity contribution is 14.1. The Bertz CT molecular complexity index is 830. The van der Waals surface area contributed by atoms with Crippen molar-refractivity contribution in [2.75, 3.05) is 13.6 Å². The fraction of sp³-hybridized carbons (Fsp3) is 0.350. The molecule has 1 heterocycles. The van der Waals surface area contributed by atoms with Crippen molar-refractivity contribution in [2.45, 2.75) is 31.8 Å². The van der Waals surface area contributed by atoms with Gasteiger partial charge in [-0.15, -0.1) is 11.6 Å². The van der Waals surface area contributed by atoms with E-state index in [2.05, 4.69) is 87.6 Å². The third-order valence-corrected chi connectivity index (χ3v) is 5.18. The van der Waals surface area contributed by atoms with E-state index in [1.807, 2.05) is 6.92 Å². The van der Waals surface area contributed by atoms with Crippen LogP contribution in [0, 0.1) is 3.57 Å². The predicted molar refractivity (Wildman–Crippen MR) is 114 cm³/mol. The van der Waals surface area contributed by atoms with Gasteiger partial charge in [-0.1, -0.05) is 30.3 Å². The molecule has 0 saturated carbocycles. The third kappa shape index (κ3) is 4.74. The van der Waals surface area contributed by atoms with E-state index in [4.69, 9.17) is 16.6 Å². The third-order valence-electron chi connectivity index (χ3n) is 4.31. The number of aryl methyl sites for hydroxylation is 1. The second kappa shape index (κ2) is 8.52. The van der Waals surface area contributed by atoms with Crippen LogP contribution in [0.25, 0.3) is 11.0 Å². The van der Waals surface area contributed by atoms with Gasteiger partial charge in [0, 0.05) is 16.7 Å². The Kier molecular flexibility index (Phi) is 6.36. The van der Waals surface area contributed by atoms with E-state index in [1.165, 1.54) is 14.7 Å². The Labute approximate surface area is 168 Å². The highest BCUT2D eigenvalue weighted by Crippen LogP contribution is 2.26. The lowest BCUT2D eigenvalue weighted by Gasteiger charge is -2.18. The van der Waals surface area contributed by atoms with Crippen LogP contribution >= 0.6 is 34.2 Å². The topological polar surface area (TPSA) is 21.1 Å². The molecule has 0 N–H and O–H groups in total. The maximum absolute atomic E-state index is 6.37. The molecule has 5 heteroatoms. The lowest BCUT2D eigenvalue weighted by Crippen LogP contribution is -2.20. The quantitative estimate of drug-likeness (QED) is 0.340. The van der Waals surface area contributed by atoms with E-state index in [0.29, 0.717) is 0 Å². The summed E-state index contributed by atoms with van der Waals surface area (Å²) in [6.45, 7) is 4.94. The minimum Gasteiger partial charge on any atom is -0.327 e. The monoisotopic (exact) mass is 467 g/mol. The molecule has 0 amide bonds. The normalized spacial score (nSPS) is 12.8. The van der Waals surface area contributed by atoms with Crippen molar-refractivity contribution in [3.05, 3.63) is 63.5 Å². The van der Waals surface area contributed by atoms with E-state index in [1.54, 1.807) is 0 Å². The molecule has 0 spiro atoms. The number of alkyl halides is 1. The van der Waals surface area contributed by atoms with Gasteiger partial charge in [-0.2, -0.15) is 0 Å². The second-order valence-electron chi connectivity index (χ2n) is 6.45. The molecule has 0 fully saturated rings. The van der Waals surface area contributed by atoms with E-state index >= 15 is 0 Å². The zero-order valence-electron chi connectivity index (χ0n) is 14.6. The largest absolute Gasteiger partial charge is 0.327 e. The van der Waals surface area contributed by atoms with Crippen LogP contribution in [0.1, 0.15) is 30.1 Å². The summed E-state index contributed by atoms with van der Waals surface area (Å²) in [5.41, 5.74) is 3.56. The van der Waals surface area contributed by atoms with Crippen LogP contribution in [0.5, 0.6) is 0 Å². The fourth-order valence-corrected chi connectivity index (χ4v) is 3.77. The smallest absolute Gasteiger partial charge is 0.127 e. The molecule has 3 rings (SSSR count). The summed E-state index contributed by atoms with van der Waals surface area (Å²) in [5.74, 6) is 0.962. The molecule has 0 aliphatic rings. The van der Waals surface area contributed by atoms with Gasteiger partial charge in [0.2, 0.25) is 0 Å². The van der Waals surface area contributed by atoms with Crippen LogP contribution in [-0.2, 0) is 13.1 Å². The first-order valence-electron chi connectivity index (χ1n) is 8.57. The number of fused-ring (bicyclic) bond motifs is 1. The summed E-state index contributed by atoms with van der Waals surface area (Å²) in [7, 11) is 2.17. The van der Waals surface area contributed by atoms with Crippen LogP contribution in [0.15, 0.2) is 48.5 Å². The molecule has 132 valence electrons. The number of aromatic nitrogens is 2. The molecule has 0 bridgehead atoms. The predicted octanol–water partition coefficient (Wildman–Crippen LogP) is 5.46. The zero-order valence-corrected chi connectivity index (χ0v) is 17.5. The zero-order chi connectivity index (χ0) is 17.8. The van der Waals surface area contributed by atoms with Gasteiger partial charge in [-0.3, -0.25) is 0 Å². The van der Waals surface area contributed by atoms with Crippen molar-refractivity contribution in [3.8, 4) is 0 Å². The summed E-state index contributed by atoms with van der Waals surface area (Å²) in [6, 6.07) is 17.0. The van der Waals surface area contributed by atoms with Gasteiger partial charge in [-0.05, 0) is 73.3 Å². The number of hydrogen-bond acceptors (Lipinski definition) is 2. The molecular weight excluding hydrogens is 445 g/mol. The van der Waals surface area contributed by atoms with Crippen LogP contribution in [0.2, 0.25) is 0 Å². The summed E-state index contributed by atoms with van der Waals surface area (Å²) in [5, 5.41) is -0.0906. The highest BCUT2D eigenvalue weighted by Gasteiger charge is 2.15. The lowest BCUT2D eigenvalue weighted by atomic mass is 10.2. The molecule has 1 atom stereocenters. The Morgan fingerprint density at radius 3 is 2.68 bits per heavy atom. The average Bonchev–Trinajstić information content (AvgIpc) is 2.94. The molecule has 0 saturated heterocycles. The van der Waals surface area contributed by atoms with E-state index in [-0.39, 0.29) is 5.38 Å². The SMILES string of the molecule is CC(Cl)c1nc2cc(I)ccc2n1CCCN(C)Cc1ccccc1. The average molecular weight is 468 g/mol. The molecule has 0 radical (unpaired) electrons. The van der Waals surface area contributed by atoms with Crippen LogP contribution in [0.3, 0.4) is 0 Å². The van der Waals surface area contributed by atoms with Crippen LogP contribution in [0.4, 0.5) is 0 Å². The first kappa shape index (κ1) is 18.7. The fourth-order valence-electron chi connectivity index (χ4n) is 3.13. The molecule has 1 unspecified atom stereocenters. The highest BCUT2D eigenvalue weighted by atomic mass is 127. The molecule has 25 heavy (non-hydrogen) atoms. The molecule has 0 aliphatic carbocycles. The Hall–Kier alpha value is -1.11. The number of nitrogens with zero attached hydrogens (tertiary/aromatic N) is 3. The van der Waals surface area contributed by atoms with E-state index < -0.39 is 0 Å². The summed E-state index contributed by atoms with van der Waals surface area (Å²) >= 11 is 8.70.